The van der Waals surface area contributed by atoms with Crippen molar-refractivity contribution in [2.24, 2.45) is 0 Å². The molecule has 1 atom stereocenters. The summed E-state index contributed by atoms with van der Waals surface area (Å²) in [6, 6.07) is 3.51. The molecule has 1 N–H and O–H groups in total. The number of amides is 2. The molecule has 2 amide bonds. The first kappa shape index (κ1) is 11.9. The van der Waals surface area contributed by atoms with Crippen LogP contribution in [0.15, 0.2) is 18.2 Å². The first-order chi connectivity index (χ1) is 7.99. The molecule has 6 heteroatoms. The SMILES string of the molecule is CN1C(=O)CC(Nc2ccc(Cl)c(F)c2)C1=O. The molecule has 1 unspecified atom stereocenters. The van der Waals surface area contributed by atoms with Gasteiger partial charge >= 0.3 is 0 Å². The molecular weight excluding hydrogens is 247 g/mol. The number of carbonyl (C=O) groups excluding carboxylic acids is 2. The van der Waals surface area contributed by atoms with Gasteiger partial charge in [0.15, 0.2) is 0 Å². The summed E-state index contributed by atoms with van der Waals surface area (Å²) >= 11 is 5.54. The summed E-state index contributed by atoms with van der Waals surface area (Å²) in [6.45, 7) is 0. The van der Waals surface area contributed by atoms with Gasteiger partial charge in [-0.25, -0.2) is 4.39 Å². The third kappa shape index (κ3) is 2.24. The van der Waals surface area contributed by atoms with Gasteiger partial charge in [0.1, 0.15) is 11.9 Å². The van der Waals surface area contributed by atoms with E-state index in [-0.39, 0.29) is 23.3 Å². The summed E-state index contributed by atoms with van der Waals surface area (Å²) < 4.78 is 13.2. The number of imide groups is 1. The molecule has 1 saturated heterocycles. The summed E-state index contributed by atoms with van der Waals surface area (Å²) in [5.41, 5.74) is 0.424. The monoisotopic (exact) mass is 256 g/mol. The number of likely N-dealkylation sites (N-methyl/N-ethyl adjacent to an activating group) is 1. The maximum atomic E-state index is 13.2. The topological polar surface area (TPSA) is 49.4 Å². The van der Waals surface area contributed by atoms with E-state index in [1.165, 1.54) is 19.2 Å². The van der Waals surface area contributed by atoms with Crippen LogP contribution in [0.1, 0.15) is 6.42 Å². The van der Waals surface area contributed by atoms with E-state index in [1.54, 1.807) is 6.07 Å². The van der Waals surface area contributed by atoms with Crippen LogP contribution in [-0.4, -0.2) is 29.8 Å². The molecule has 1 aliphatic heterocycles. The number of rotatable bonds is 2. The Balaban J connectivity index is 2.14. The van der Waals surface area contributed by atoms with Crippen LogP contribution >= 0.6 is 11.6 Å². The van der Waals surface area contributed by atoms with Gasteiger partial charge in [-0.05, 0) is 18.2 Å². The zero-order valence-corrected chi connectivity index (χ0v) is 9.79. The summed E-state index contributed by atoms with van der Waals surface area (Å²) in [5, 5.41) is 2.82. The number of halogens is 2. The van der Waals surface area contributed by atoms with E-state index < -0.39 is 11.9 Å². The molecule has 0 radical (unpaired) electrons. The number of carbonyl (C=O) groups is 2. The van der Waals surface area contributed by atoms with Crippen molar-refractivity contribution in [3.63, 3.8) is 0 Å². The van der Waals surface area contributed by atoms with Crippen molar-refractivity contribution in [2.45, 2.75) is 12.5 Å². The number of benzene rings is 1. The molecule has 17 heavy (non-hydrogen) atoms. The van der Waals surface area contributed by atoms with Crippen LogP contribution in [0.5, 0.6) is 0 Å². The van der Waals surface area contributed by atoms with Crippen molar-refractivity contribution >= 4 is 29.1 Å². The highest BCUT2D eigenvalue weighted by atomic mass is 35.5. The van der Waals surface area contributed by atoms with Crippen molar-refractivity contribution < 1.29 is 14.0 Å². The first-order valence-electron chi connectivity index (χ1n) is 5.01. The smallest absolute Gasteiger partial charge is 0.251 e. The fourth-order valence-corrected chi connectivity index (χ4v) is 1.77. The lowest BCUT2D eigenvalue weighted by atomic mass is 10.2. The molecule has 1 aliphatic rings. The van der Waals surface area contributed by atoms with E-state index in [1.807, 2.05) is 0 Å². The second-order valence-electron chi connectivity index (χ2n) is 3.82. The molecule has 1 heterocycles. The number of nitrogens with one attached hydrogen (secondary N) is 1. The molecule has 0 aliphatic carbocycles. The number of likely N-dealkylation sites (tertiary alicyclic amines) is 1. The van der Waals surface area contributed by atoms with Gasteiger partial charge in [0, 0.05) is 12.7 Å². The molecule has 4 nitrogen and oxygen atoms in total. The van der Waals surface area contributed by atoms with E-state index in [2.05, 4.69) is 5.32 Å². The first-order valence-corrected chi connectivity index (χ1v) is 5.39. The van der Waals surface area contributed by atoms with E-state index in [0.29, 0.717) is 5.69 Å². The number of anilines is 1. The fraction of sp³-hybridized carbons (Fsp3) is 0.273. The lowest BCUT2D eigenvalue weighted by Gasteiger charge is -2.12. The molecule has 0 bridgehead atoms. The van der Waals surface area contributed by atoms with Crippen LogP contribution in [0.3, 0.4) is 0 Å². The molecule has 0 saturated carbocycles. The lowest BCUT2D eigenvalue weighted by Crippen LogP contribution is -2.31. The van der Waals surface area contributed by atoms with Crippen molar-refractivity contribution in [3.8, 4) is 0 Å². The average molecular weight is 257 g/mol. The average Bonchev–Trinajstić information content (AvgIpc) is 2.52. The molecule has 0 spiro atoms. The van der Waals surface area contributed by atoms with Crippen LogP contribution in [0.4, 0.5) is 10.1 Å². The van der Waals surface area contributed by atoms with Crippen LogP contribution in [0.2, 0.25) is 5.02 Å². The molecule has 1 aromatic carbocycles. The zero-order chi connectivity index (χ0) is 12.6. The fourth-order valence-electron chi connectivity index (χ4n) is 1.66. The summed E-state index contributed by atoms with van der Waals surface area (Å²) in [7, 11) is 1.43. The number of hydrogen-bond donors (Lipinski definition) is 1. The zero-order valence-electron chi connectivity index (χ0n) is 9.04. The Morgan fingerprint density at radius 1 is 1.47 bits per heavy atom. The van der Waals surface area contributed by atoms with Crippen LogP contribution < -0.4 is 5.32 Å². The Bertz CT molecular complexity index is 492. The summed E-state index contributed by atoms with van der Waals surface area (Å²) in [6.07, 6.45) is 0.0829. The van der Waals surface area contributed by atoms with Crippen LogP contribution in [0.25, 0.3) is 0 Å². The number of nitrogens with zero attached hydrogens (tertiary/aromatic N) is 1. The highest BCUT2D eigenvalue weighted by Crippen LogP contribution is 2.21. The molecule has 0 aromatic heterocycles. The predicted molar refractivity (Wildman–Crippen MR) is 61.2 cm³/mol. The molecule has 1 aromatic rings. The summed E-state index contributed by atoms with van der Waals surface area (Å²) in [4.78, 5) is 23.9. The quantitative estimate of drug-likeness (QED) is 0.819. The van der Waals surface area contributed by atoms with Gasteiger partial charge in [-0.1, -0.05) is 11.6 Å². The van der Waals surface area contributed by atoms with Crippen molar-refractivity contribution in [1.29, 1.82) is 0 Å². The highest BCUT2D eigenvalue weighted by Gasteiger charge is 2.35. The number of hydrogen-bond acceptors (Lipinski definition) is 3. The molecule has 1 fully saturated rings. The lowest BCUT2D eigenvalue weighted by molar-refractivity contribution is -0.136. The van der Waals surface area contributed by atoms with Gasteiger partial charge in [-0.15, -0.1) is 0 Å². The minimum atomic E-state index is -0.631. The predicted octanol–water partition coefficient (Wildman–Crippen LogP) is 1.65. The van der Waals surface area contributed by atoms with E-state index >= 15 is 0 Å². The van der Waals surface area contributed by atoms with Gasteiger partial charge in [0.25, 0.3) is 5.91 Å². The van der Waals surface area contributed by atoms with Crippen molar-refractivity contribution in [2.75, 3.05) is 12.4 Å². The Morgan fingerprint density at radius 3 is 2.71 bits per heavy atom. The second-order valence-corrected chi connectivity index (χ2v) is 4.23. The maximum absolute atomic E-state index is 13.2. The molecule has 90 valence electrons. The van der Waals surface area contributed by atoms with Crippen LogP contribution in [-0.2, 0) is 9.59 Å². The summed E-state index contributed by atoms with van der Waals surface area (Å²) in [5.74, 6) is -1.13. The standard InChI is InChI=1S/C11H10ClFN2O2/c1-15-10(16)5-9(11(15)17)14-6-2-3-7(12)8(13)4-6/h2-4,9,14H,5H2,1H3. The highest BCUT2D eigenvalue weighted by molar-refractivity contribution is 6.30. The van der Waals surface area contributed by atoms with Gasteiger partial charge in [-0.2, -0.15) is 0 Å². The van der Waals surface area contributed by atoms with Gasteiger partial charge in [-0.3, -0.25) is 14.5 Å². The van der Waals surface area contributed by atoms with Gasteiger partial charge in [0.2, 0.25) is 5.91 Å². The van der Waals surface area contributed by atoms with Crippen molar-refractivity contribution in [1.82, 2.24) is 4.90 Å². The van der Waals surface area contributed by atoms with E-state index in [9.17, 15) is 14.0 Å². The van der Waals surface area contributed by atoms with Crippen LogP contribution in [0, 0.1) is 5.82 Å². The molecular formula is C11H10ClFN2O2. The second kappa shape index (κ2) is 4.33. The Morgan fingerprint density at radius 2 is 2.18 bits per heavy atom. The van der Waals surface area contributed by atoms with E-state index in [4.69, 9.17) is 11.6 Å². The van der Waals surface area contributed by atoms with Gasteiger partial charge < -0.3 is 5.32 Å². The Kier molecular flexibility index (Phi) is 3.02. The maximum Gasteiger partial charge on any atom is 0.251 e. The Labute approximate surface area is 102 Å². The van der Waals surface area contributed by atoms with E-state index in [0.717, 1.165) is 4.90 Å². The minimum absolute atomic E-state index is 0.0153. The normalized spacial score (nSPS) is 19.9. The largest absolute Gasteiger partial charge is 0.373 e. The van der Waals surface area contributed by atoms with Crippen molar-refractivity contribution in [3.05, 3.63) is 29.0 Å². The minimum Gasteiger partial charge on any atom is -0.373 e. The van der Waals surface area contributed by atoms with Gasteiger partial charge in [0.05, 0.1) is 11.4 Å². The third-order valence-corrected chi connectivity index (χ3v) is 2.95. The molecule has 2 rings (SSSR count). The third-order valence-electron chi connectivity index (χ3n) is 2.64. The Hall–Kier alpha value is -1.62.